The zero-order valence-electron chi connectivity index (χ0n) is 14.0. The number of nitrogens with zero attached hydrogens (tertiary/aromatic N) is 2. The van der Waals surface area contributed by atoms with Gasteiger partial charge in [-0.25, -0.2) is 4.98 Å². The maximum absolute atomic E-state index is 12.9. The Kier molecular flexibility index (Phi) is 6.29. The van der Waals surface area contributed by atoms with Crippen LogP contribution in [0.3, 0.4) is 0 Å². The topological polar surface area (TPSA) is 72.2 Å². The molecule has 8 heteroatoms. The zero-order valence-corrected chi connectivity index (χ0v) is 17.2. The van der Waals surface area contributed by atoms with Gasteiger partial charge in [-0.15, -0.1) is 11.3 Å². The Bertz CT molecular complexity index is 996. The number of carbonyl (C=O) groups is 1. The summed E-state index contributed by atoms with van der Waals surface area (Å²) in [6.07, 6.45) is 0.593. The van der Waals surface area contributed by atoms with Gasteiger partial charge in [-0.05, 0) is 46.6 Å². The van der Waals surface area contributed by atoms with E-state index in [9.17, 15) is 14.7 Å². The third kappa shape index (κ3) is 3.93. The monoisotopic (exact) mass is 452 g/mol. The Morgan fingerprint density at radius 2 is 2.12 bits per heavy atom. The lowest BCUT2D eigenvalue weighted by Crippen LogP contribution is -2.29. The number of thioether (sulfide) groups is 1. The van der Waals surface area contributed by atoms with Crippen LogP contribution in [0.15, 0.2) is 50.1 Å². The van der Waals surface area contributed by atoms with Crippen LogP contribution in [0, 0.1) is 0 Å². The number of benzene rings is 1. The van der Waals surface area contributed by atoms with Crippen molar-refractivity contribution in [2.75, 3.05) is 12.4 Å². The normalized spacial score (nSPS) is 12.4. The number of aliphatic hydroxyl groups excluding tert-OH is 1. The van der Waals surface area contributed by atoms with E-state index in [0.29, 0.717) is 27.4 Å². The number of halogens is 1. The van der Waals surface area contributed by atoms with Crippen LogP contribution in [-0.2, 0) is 0 Å². The van der Waals surface area contributed by atoms with Crippen molar-refractivity contribution in [3.05, 3.63) is 55.4 Å². The predicted octanol–water partition coefficient (Wildman–Crippen LogP) is 4.14. The Hall–Kier alpha value is -1.48. The molecular formula is C18H17BrN2O3S2. The summed E-state index contributed by atoms with van der Waals surface area (Å²) in [7, 11) is 0. The fraction of sp³-hybridized carbons (Fsp3) is 0.278. The van der Waals surface area contributed by atoms with Gasteiger partial charge < -0.3 is 5.11 Å². The van der Waals surface area contributed by atoms with E-state index in [0.717, 1.165) is 3.79 Å². The molecule has 2 heterocycles. The Morgan fingerprint density at radius 3 is 2.77 bits per heavy atom. The average molecular weight is 453 g/mol. The van der Waals surface area contributed by atoms with Crippen LogP contribution < -0.4 is 5.56 Å². The van der Waals surface area contributed by atoms with Crippen LogP contribution in [0.25, 0.3) is 10.9 Å². The molecule has 0 bridgehead atoms. The summed E-state index contributed by atoms with van der Waals surface area (Å²) in [6, 6.07) is 10.4. The predicted molar refractivity (Wildman–Crippen MR) is 109 cm³/mol. The number of fused-ring (bicyclic) bond motifs is 1. The Balaban J connectivity index is 1.99. The summed E-state index contributed by atoms with van der Waals surface area (Å²) >= 11 is 5.97. The summed E-state index contributed by atoms with van der Waals surface area (Å²) < 4.78 is 2.42. The number of carbonyl (C=O) groups excluding carboxylic acids is 1. The van der Waals surface area contributed by atoms with Crippen molar-refractivity contribution in [2.24, 2.45) is 0 Å². The number of rotatable bonds is 7. The molecule has 0 spiro atoms. The molecule has 136 valence electrons. The molecule has 3 rings (SSSR count). The highest BCUT2D eigenvalue weighted by molar-refractivity contribution is 9.11. The number of Topliss-reactive ketones (excluding diaryl/α,β-unsaturated/α-hetero) is 1. The number of para-hydroxylation sites is 1. The Morgan fingerprint density at radius 1 is 1.35 bits per heavy atom. The highest BCUT2D eigenvalue weighted by Gasteiger charge is 2.19. The summed E-state index contributed by atoms with van der Waals surface area (Å²) in [5.74, 6) is 0.163. The van der Waals surface area contributed by atoms with Crippen molar-refractivity contribution in [1.29, 1.82) is 0 Å². The molecule has 5 nitrogen and oxygen atoms in total. The molecule has 0 saturated carbocycles. The van der Waals surface area contributed by atoms with Crippen LogP contribution in [0.2, 0.25) is 0 Å². The van der Waals surface area contributed by atoms with E-state index in [1.807, 2.05) is 19.1 Å². The van der Waals surface area contributed by atoms with Crippen LogP contribution in [-0.4, -0.2) is 32.8 Å². The van der Waals surface area contributed by atoms with Crippen molar-refractivity contribution in [3.8, 4) is 0 Å². The molecule has 1 N–H and O–H groups in total. The Labute approximate surface area is 167 Å². The molecule has 0 amide bonds. The number of aliphatic hydroxyl groups is 1. The third-order valence-electron chi connectivity index (χ3n) is 4.00. The fourth-order valence-corrected chi connectivity index (χ4v) is 4.97. The minimum Gasteiger partial charge on any atom is -0.394 e. The first kappa shape index (κ1) is 19.3. The van der Waals surface area contributed by atoms with E-state index in [4.69, 9.17) is 0 Å². The third-order valence-corrected chi connectivity index (χ3v) is 6.62. The average Bonchev–Trinajstić information content (AvgIpc) is 3.09. The maximum atomic E-state index is 12.9. The number of ketones is 1. The maximum Gasteiger partial charge on any atom is 0.262 e. The van der Waals surface area contributed by atoms with Gasteiger partial charge in [0.1, 0.15) is 0 Å². The molecule has 0 aliphatic rings. The van der Waals surface area contributed by atoms with E-state index in [1.54, 1.807) is 24.3 Å². The van der Waals surface area contributed by atoms with Crippen molar-refractivity contribution >= 4 is 55.7 Å². The van der Waals surface area contributed by atoms with Gasteiger partial charge in [0.05, 0.1) is 38.0 Å². The zero-order chi connectivity index (χ0) is 18.7. The first-order chi connectivity index (χ1) is 12.5. The molecule has 1 atom stereocenters. The molecule has 0 fully saturated rings. The summed E-state index contributed by atoms with van der Waals surface area (Å²) in [5, 5.41) is 10.7. The number of hydrogen-bond acceptors (Lipinski definition) is 6. The van der Waals surface area contributed by atoms with Gasteiger partial charge in [0.15, 0.2) is 10.9 Å². The summed E-state index contributed by atoms with van der Waals surface area (Å²) in [5.41, 5.74) is 0.403. The fourth-order valence-electron chi connectivity index (χ4n) is 2.61. The van der Waals surface area contributed by atoms with Gasteiger partial charge in [0.2, 0.25) is 0 Å². The highest BCUT2D eigenvalue weighted by Crippen LogP contribution is 2.26. The molecule has 1 aromatic carbocycles. The first-order valence-corrected chi connectivity index (χ1v) is 10.7. The first-order valence-electron chi connectivity index (χ1n) is 8.08. The van der Waals surface area contributed by atoms with Gasteiger partial charge >= 0.3 is 0 Å². The van der Waals surface area contributed by atoms with Crippen molar-refractivity contribution in [1.82, 2.24) is 9.55 Å². The second kappa shape index (κ2) is 8.47. The standard InChI is InChI=1S/C18H17BrN2O3S2/c1-2-11(9-22)21-17(24)12-5-3-4-6-13(12)20-18(21)25-10-14(23)15-7-8-16(19)26-15/h3-8,11,22H,2,9-10H2,1H3/t11-/m0/s1. The highest BCUT2D eigenvalue weighted by atomic mass is 79.9. The van der Waals surface area contributed by atoms with Crippen LogP contribution in [0.1, 0.15) is 29.1 Å². The summed E-state index contributed by atoms with van der Waals surface area (Å²) in [6.45, 7) is 1.75. The summed E-state index contributed by atoms with van der Waals surface area (Å²) in [4.78, 5) is 30.6. The molecule has 0 radical (unpaired) electrons. The molecule has 0 saturated heterocycles. The molecule has 3 aromatic rings. The minimum atomic E-state index is -0.368. The van der Waals surface area contributed by atoms with E-state index < -0.39 is 0 Å². The van der Waals surface area contributed by atoms with Crippen molar-refractivity contribution in [2.45, 2.75) is 24.5 Å². The molecular weight excluding hydrogens is 436 g/mol. The number of aromatic nitrogens is 2. The lowest BCUT2D eigenvalue weighted by molar-refractivity contribution is 0.102. The van der Waals surface area contributed by atoms with Gasteiger partial charge in [-0.1, -0.05) is 30.8 Å². The van der Waals surface area contributed by atoms with E-state index in [2.05, 4.69) is 20.9 Å². The van der Waals surface area contributed by atoms with Crippen molar-refractivity contribution in [3.63, 3.8) is 0 Å². The lowest BCUT2D eigenvalue weighted by atomic mass is 10.2. The smallest absolute Gasteiger partial charge is 0.262 e. The van der Waals surface area contributed by atoms with E-state index >= 15 is 0 Å². The lowest BCUT2D eigenvalue weighted by Gasteiger charge is -2.19. The van der Waals surface area contributed by atoms with Gasteiger partial charge in [-0.3, -0.25) is 14.2 Å². The largest absolute Gasteiger partial charge is 0.394 e. The SMILES string of the molecule is CC[C@@H](CO)n1c(SCC(=O)c2ccc(Br)s2)nc2ccccc2c1=O. The van der Waals surface area contributed by atoms with Crippen LogP contribution in [0.5, 0.6) is 0 Å². The van der Waals surface area contributed by atoms with Crippen molar-refractivity contribution < 1.29 is 9.90 Å². The van der Waals surface area contributed by atoms with Gasteiger partial charge in [0, 0.05) is 0 Å². The van der Waals surface area contributed by atoms with Gasteiger partial charge in [-0.2, -0.15) is 0 Å². The second-order valence-corrected chi connectivity index (χ2v) is 9.05. The molecule has 2 aromatic heterocycles. The van der Waals surface area contributed by atoms with E-state index in [1.165, 1.54) is 27.7 Å². The van der Waals surface area contributed by atoms with E-state index in [-0.39, 0.29) is 29.7 Å². The molecule has 0 unspecified atom stereocenters. The number of thiophene rings is 1. The second-order valence-electron chi connectivity index (χ2n) is 5.65. The molecule has 0 aliphatic heterocycles. The number of hydrogen-bond donors (Lipinski definition) is 1. The molecule has 26 heavy (non-hydrogen) atoms. The minimum absolute atomic E-state index is 0.0169. The molecule has 0 aliphatic carbocycles. The van der Waals surface area contributed by atoms with Gasteiger partial charge in [0.25, 0.3) is 5.56 Å². The van der Waals surface area contributed by atoms with Crippen LogP contribution >= 0.6 is 39.0 Å². The quantitative estimate of drug-likeness (QED) is 0.331. The van der Waals surface area contributed by atoms with Crippen LogP contribution in [0.4, 0.5) is 0 Å².